The molecule has 118 valence electrons. The summed E-state index contributed by atoms with van der Waals surface area (Å²) in [4.78, 5) is 5.26. The Morgan fingerprint density at radius 2 is 1.83 bits per heavy atom. The van der Waals surface area contributed by atoms with Crippen LogP contribution in [0.4, 0.5) is 0 Å². The molecule has 0 atom stereocenters. The summed E-state index contributed by atoms with van der Waals surface area (Å²) < 4.78 is 2.28. The van der Waals surface area contributed by atoms with Crippen LogP contribution in [-0.2, 0) is 13.0 Å². The first kappa shape index (κ1) is 15.7. The molecule has 0 saturated heterocycles. The van der Waals surface area contributed by atoms with Gasteiger partial charge in [-0.3, -0.25) is 0 Å². The average molecular weight is 323 g/mol. The van der Waals surface area contributed by atoms with Gasteiger partial charge in [-0.15, -0.1) is 0 Å². The van der Waals surface area contributed by atoms with Crippen LogP contribution < -0.4 is 5.73 Å². The van der Waals surface area contributed by atoms with E-state index in [1.807, 2.05) is 24.3 Å². The van der Waals surface area contributed by atoms with Crippen molar-refractivity contribution < 1.29 is 0 Å². The Morgan fingerprint density at radius 3 is 2.57 bits per heavy atom. The van der Waals surface area contributed by atoms with Crippen molar-refractivity contribution in [3.8, 4) is 0 Å². The maximum absolute atomic E-state index is 5.88. The van der Waals surface area contributed by atoms with Crippen LogP contribution in [0.15, 0.2) is 48.5 Å². The minimum absolute atomic E-state index is 0.440. The molecule has 2 aromatic carbocycles. The van der Waals surface area contributed by atoms with Crippen molar-refractivity contribution in [3.63, 3.8) is 0 Å². The summed E-state index contributed by atoms with van der Waals surface area (Å²) in [5.74, 6) is 1.66. The first-order valence-corrected chi connectivity index (χ1v) is 8.29. The SMILES string of the molecule is CC(C)Cc1nc2ccccc2n1Cc1ccccc1C(N)=S. The fourth-order valence-electron chi connectivity index (χ4n) is 2.89. The first-order chi connectivity index (χ1) is 11.1. The molecule has 23 heavy (non-hydrogen) atoms. The average Bonchev–Trinajstić information content (AvgIpc) is 2.85. The van der Waals surface area contributed by atoms with Crippen molar-refractivity contribution in [2.45, 2.75) is 26.8 Å². The molecule has 0 spiro atoms. The van der Waals surface area contributed by atoms with Crippen LogP contribution in [-0.4, -0.2) is 14.5 Å². The van der Waals surface area contributed by atoms with Gasteiger partial charge in [-0.2, -0.15) is 0 Å². The highest BCUT2D eigenvalue weighted by molar-refractivity contribution is 7.80. The highest BCUT2D eigenvalue weighted by Crippen LogP contribution is 2.21. The molecule has 0 unspecified atom stereocenters. The molecule has 0 radical (unpaired) electrons. The molecule has 0 aliphatic heterocycles. The lowest BCUT2D eigenvalue weighted by Gasteiger charge is -2.13. The second kappa shape index (κ2) is 6.50. The summed E-state index contributed by atoms with van der Waals surface area (Å²) in [5, 5.41) is 0. The van der Waals surface area contributed by atoms with Crippen LogP contribution in [0, 0.1) is 5.92 Å². The fraction of sp³-hybridized carbons (Fsp3) is 0.263. The van der Waals surface area contributed by atoms with Gasteiger partial charge in [0.15, 0.2) is 0 Å². The molecule has 4 heteroatoms. The van der Waals surface area contributed by atoms with Crippen molar-refractivity contribution in [2.75, 3.05) is 0 Å². The van der Waals surface area contributed by atoms with Crippen LogP contribution in [0.25, 0.3) is 11.0 Å². The van der Waals surface area contributed by atoms with E-state index < -0.39 is 0 Å². The number of benzene rings is 2. The number of para-hydroxylation sites is 2. The van der Waals surface area contributed by atoms with Gasteiger partial charge in [0.05, 0.1) is 17.6 Å². The van der Waals surface area contributed by atoms with Crippen molar-refractivity contribution in [1.82, 2.24) is 9.55 Å². The van der Waals surface area contributed by atoms with Gasteiger partial charge in [0.25, 0.3) is 0 Å². The molecular weight excluding hydrogens is 302 g/mol. The number of aromatic nitrogens is 2. The lowest BCUT2D eigenvalue weighted by Crippen LogP contribution is -2.15. The number of nitrogens with zero attached hydrogens (tertiary/aromatic N) is 2. The van der Waals surface area contributed by atoms with Gasteiger partial charge in [0.2, 0.25) is 0 Å². The molecule has 1 heterocycles. The van der Waals surface area contributed by atoms with Gasteiger partial charge in [0, 0.05) is 12.0 Å². The van der Waals surface area contributed by atoms with Gasteiger partial charge in [0.1, 0.15) is 10.8 Å². The molecule has 2 N–H and O–H groups in total. The lowest BCUT2D eigenvalue weighted by molar-refractivity contribution is 0.595. The molecule has 3 nitrogen and oxygen atoms in total. The summed E-state index contributed by atoms with van der Waals surface area (Å²) in [5.41, 5.74) is 10.1. The van der Waals surface area contributed by atoms with E-state index in [-0.39, 0.29) is 0 Å². The van der Waals surface area contributed by atoms with Crippen LogP contribution in [0.5, 0.6) is 0 Å². The Kier molecular flexibility index (Phi) is 4.44. The Hall–Kier alpha value is -2.20. The number of hydrogen-bond acceptors (Lipinski definition) is 2. The van der Waals surface area contributed by atoms with Gasteiger partial charge >= 0.3 is 0 Å². The maximum atomic E-state index is 5.88. The molecule has 0 bridgehead atoms. The van der Waals surface area contributed by atoms with E-state index in [0.717, 1.165) is 41.0 Å². The molecule has 0 aliphatic carbocycles. The number of rotatable bonds is 5. The Labute approximate surface area is 142 Å². The van der Waals surface area contributed by atoms with Gasteiger partial charge in [-0.05, 0) is 23.6 Å². The topological polar surface area (TPSA) is 43.8 Å². The monoisotopic (exact) mass is 323 g/mol. The number of thiocarbonyl (C=S) groups is 1. The van der Waals surface area contributed by atoms with E-state index in [2.05, 4.69) is 42.7 Å². The van der Waals surface area contributed by atoms with Crippen molar-refractivity contribution >= 4 is 28.2 Å². The molecular formula is C19H21N3S. The Bertz CT molecular complexity index is 849. The van der Waals surface area contributed by atoms with Crippen molar-refractivity contribution in [2.24, 2.45) is 11.7 Å². The highest BCUT2D eigenvalue weighted by atomic mass is 32.1. The third-order valence-electron chi connectivity index (χ3n) is 3.94. The molecule has 0 aliphatic rings. The van der Waals surface area contributed by atoms with Crippen molar-refractivity contribution in [1.29, 1.82) is 0 Å². The molecule has 3 aromatic rings. The van der Waals surface area contributed by atoms with Gasteiger partial charge in [-0.25, -0.2) is 4.98 Å². The minimum Gasteiger partial charge on any atom is -0.389 e. The normalized spacial score (nSPS) is 11.3. The summed E-state index contributed by atoms with van der Waals surface area (Å²) in [6.45, 7) is 5.16. The van der Waals surface area contributed by atoms with Crippen LogP contribution in [0.2, 0.25) is 0 Å². The summed E-state index contributed by atoms with van der Waals surface area (Å²) in [6, 6.07) is 16.3. The molecule has 0 saturated carbocycles. The molecule has 0 fully saturated rings. The van der Waals surface area contributed by atoms with E-state index in [1.165, 1.54) is 0 Å². The van der Waals surface area contributed by atoms with Crippen LogP contribution in [0.1, 0.15) is 30.8 Å². The standard InChI is InChI=1S/C19H21N3S/c1-13(2)11-18-21-16-9-5-6-10-17(16)22(18)12-14-7-3-4-8-15(14)19(20)23/h3-10,13H,11-12H2,1-2H3,(H2,20,23). The summed E-state index contributed by atoms with van der Waals surface area (Å²) >= 11 is 5.20. The third kappa shape index (κ3) is 3.27. The molecule has 0 amide bonds. The third-order valence-corrected chi connectivity index (χ3v) is 4.16. The number of hydrogen-bond donors (Lipinski definition) is 1. The quantitative estimate of drug-likeness (QED) is 0.724. The Morgan fingerprint density at radius 1 is 1.13 bits per heavy atom. The molecule has 1 aromatic heterocycles. The van der Waals surface area contributed by atoms with E-state index in [9.17, 15) is 0 Å². The number of fused-ring (bicyclic) bond motifs is 1. The Balaban J connectivity index is 2.10. The highest BCUT2D eigenvalue weighted by Gasteiger charge is 2.14. The van der Waals surface area contributed by atoms with Crippen LogP contribution in [0.3, 0.4) is 0 Å². The number of nitrogens with two attached hydrogens (primary N) is 1. The van der Waals surface area contributed by atoms with Crippen LogP contribution >= 0.6 is 12.2 Å². The van der Waals surface area contributed by atoms with E-state index in [1.54, 1.807) is 0 Å². The summed E-state index contributed by atoms with van der Waals surface area (Å²) in [6.07, 6.45) is 0.948. The largest absolute Gasteiger partial charge is 0.389 e. The number of imidazole rings is 1. The zero-order valence-corrected chi connectivity index (χ0v) is 14.3. The van der Waals surface area contributed by atoms with Crippen molar-refractivity contribution in [3.05, 3.63) is 65.5 Å². The zero-order valence-electron chi connectivity index (χ0n) is 13.5. The fourth-order valence-corrected chi connectivity index (χ4v) is 3.09. The lowest BCUT2D eigenvalue weighted by atomic mass is 10.1. The zero-order chi connectivity index (χ0) is 16.4. The second-order valence-electron chi connectivity index (χ2n) is 6.22. The summed E-state index contributed by atoms with van der Waals surface area (Å²) in [7, 11) is 0. The van der Waals surface area contributed by atoms with E-state index in [4.69, 9.17) is 22.9 Å². The predicted octanol–water partition coefficient (Wildman–Crippen LogP) is 3.92. The maximum Gasteiger partial charge on any atom is 0.110 e. The first-order valence-electron chi connectivity index (χ1n) is 7.88. The van der Waals surface area contributed by atoms with E-state index >= 15 is 0 Å². The predicted molar refractivity (Wildman–Crippen MR) is 99.7 cm³/mol. The van der Waals surface area contributed by atoms with Gasteiger partial charge < -0.3 is 10.3 Å². The van der Waals surface area contributed by atoms with Gasteiger partial charge in [-0.1, -0.05) is 62.5 Å². The minimum atomic E-state index is 0.440. The second-order valence-corrected chi connectivity index (χ2v) is 6.66. The molecule has 3 rings (SSSR count). The van der Waals surface area contributed by atoms with E-state index in [0.29, 0.717) is 10.9 Å². The smallest absolute Gasteiger partial charge is 0.110 e.